The second kappa shape index (κ2) is 12.1. The number of carbonyl (C=O) groups is 1. The summed E-state index contributed by atoms with van der Waals surface area (Å²) in [6, 6.07) is 10.0. The molecule has 1 aromatic rings. The van der Waals surface area contributed by atoms with Crippen LogP contribution in [-0.4, -0.2) is 5.97 Å². The van der Waals surface area contributed by atoms with Crippen LogP contribution in [0.2, 0.25) is 0 Å². The van der Waals surface area contributed by atoms with E-state index in [1.54, 1.807) is 0 Å². The van der Waals surface area contributed by atoms with Crippen LogP contribution in [0.5, 0.6) is 0 Å². The van der Waals surface area contributed by atoms with Crippen molar-refractivity contribution in [2.45, 2.75) is 6.92 Å². The first kappa shape index (κ1) is 16.7. The van der Waals surface area contributed by atoms with Crippen LogP contribution in [0.3, 0.4) is 0 Å². The smallest absolute Gasteiger partial charge is 0.550 e. The fraction of sp³-hybridized carbons (Fsp3) is 0.125. The zero-order valence-electron chi connectivity index (χ0n) is 6.58. The van der Waals surface area contributed by atoms with Crippen molar-refractivity contribution in [3.63, 3.8) is 0 Å². The van der Waals surface area contributed by atoms with E-state index in [1.807, 2.05) is 30.3 Å². The van der Waals surface area contributed by atoms with E-state index in [0.717, 1.165) is 6.92 Å². The molecule has 2 nitrogen and oxygen atoms in total. The molecule has 0 aliphatic carbocycles. The summed E-state index contributed by atoms with van der Waals surface area (Å²) >= 11 is 0. The third-order valence-electron chi connectivity index (χ3n) is 0.556. The van der Waals surface area contributed by atoms with Crippen LogP contribution >= 0.6 is 0 Å². The summed E-state index contributed by atoms with van der Waals surface area (Å²) in [6.45, 7) is 0.972. The average molecular weight is 194 g/mol. The van der Waals surface area contributed by atoms with E-state index < -0.39 is 5.97 Å². The van der Waals surface area contributed by atoms with Gasteiger partial charge in [-0.25, -0.2) is 12.1 Å². The van der Waals surface area contributed by atoms with Crippen molar-refractivity contribution in [3.05, 3.63) is 37.8 Å². The normalized spacial score (nSPS) is 5.91. The summed E-state index contributed by atoms with van der Waals surface area (Å²) < 4.78 is 0. The van der Waals surface area contributed by atoms with E-state index in [1.165, 1.54) is 0 Å². The van der Waals surface area contributed by atoms with Crippen molar-refractivity contribution in [2.24, 2.45) is 0 Å². The Morgan fingerprint density at radius 2 is 1.64 bits per heavy atom. The molecule has 0 bridgehead atoms. The Labute approximate surface area is 78.1 Å². The summed E-state index contributed by atoms with van der Waals surface area (Å²) in [5.74, 6) is -1.08. The van der Waals surface area contributed by atoms with Gasteiger partial charge in [0.2, 0.25) is 0 Å². The first-order valence-electron chi connectivity index (χ1n) is 2.57. The molecule has 0 atom stereocenters. The van der Waals surface area contributed by atoms with Crippen LogP contribution in [0.1, 0.15) is 6.92 Å². The fourth-order valence-corrected chi connectivity index (χ4v) is 0.321. The number of carboxylic acids is 1. The molecule has 0 radical (unpaired) electrons. The molecule has 0 N–H and O–H groups in total. The van der Waals surface area contributed by atoms with Crippen LogP contribution in [-0.2, 0) is 21.9 Å². The molecule has 62 valence electrons. The predicted molar refractivity (Wildman–Crippen MR) is 39.1 cm³/mol. The topological polar surface area (TPSA) is 40.1 Å². The fourth-order valence-electron chi connectivity index (χ4n) is 0.321. The maximum absolute atomic E-state index is 8.89. The standard InChI is InChI=1S/C5H5.C2H4O2.CH3.Mn/c1-2-4-5-3-1;1-2(3)4;;/h1-5H;1H3,(H,3,4);1H3;/q-1;;-1;+3/p-1. The molecule has 0 fully saturated rings. The van der Waals surface area contributed by atoms with Gasteiger partial charge in [-0.2, -0.15) is 18.2 Å². The van der Waals surface area contributed by atoms with Crippen LogP contribution in [0.25, 0.3) is 0 Å². The van der Waals surface area contributed by atoms with Crippen molar-refractivity contribution < 1.29 is 27.0 Å². The van der Waals surface area contributed by atoms with E-state index in [2.05, 4.69) is 0 Å². The van der Waals surface area contributed by atoms with E-state index >= 15 is 0 Å². The number of carboxylic acid groups (broad SMARTS) is 1. The molecule has 0 aliphatic rings. The quantitative estimate of drug-likeness (QED) is 0.448. The molecule has 0 spiro atoms. The summed E-state index contributed by atoms with van der Waals surface area (Å²) in [5, 5.41) is 8.89. The molecule has 11 heavy (non-hydrogen) atoms. The minimum Gasteiger partial charge on any atom is -0.550 e. The van der Waals surface area contributed by atoms with Crippen molar-refractivity contribution in [3.8, 4) is 0 Å². The van der Waals surface area contributed by atoms with Crippen LogP contribution in [0.15, 0.2) is 30.3 Å². The molecule has 0 amide bonds. The van der Waals surface area contributed by atoms with Gasteiger partial charge in [0.1, 0.15) is 0 Å². The molecular formula is C8H11MnO2. The van der Waals surface area contributed by atoms with Gasteiger partial charge in [0.15, 0.2) is 0 Å². The second-order valence-electron chi connectivity index (χ2n) is 1.45. The van der Waals surface area contributed by atoms with Crippen LogP contribution in [0, 0.1) is 7.43 Å². The molecule has 3 heteroatoms. The summed E-state index contributed by atoms with van der Waals surface area (Å²) in [6.07, 6.45) is 0. The van der Waals surface area contributed by atoms with E-state index in [4.69, 9.17) is 9.90 Å². The number of hydrogen-bond donors (Lipinski definition) is 0. The summed E-state index contributed by atoms with van der Waals surface area (Å²) in [4.78, 5) is 8.89. The van der Waals surface area contributed by atoms with Crippen molar-refractivity contribution >= 4 is 5.97 Å². The van der Waals surface area contributed by atoms with E-state index in [9.17, 15) is 0 Å². The third-order valence-corrected chi connectivity index (χ3v) is 0.556. The van der Waals surface area contributed by atoms with Gasteiger partial charge in [0.25, 0.3) is 0 Å². The number of rotatable bonds is 0. The monoisotopic (exact) mass is 194 g/mol. The first-order valence-corrected chi connectivity index (χ1v) is 2.57. The van der Waals surface area contributed by atoms with Gasteiger partial charge in [0.05, 0.1) is 0 Å². The number of hydrogen-bond acceptors (Lipinski definition) is 2. The molecule has 0 aliphatic heterocycles. The van der Waals surface area contributed by atoms with E-state index in [0.29, 0.717) is 0 Å². The van der Waals surface area contributed by atoms with Crippen molar-refractivity contribution in [2.75, 3.05) is 0 Å². The first-order chi connectivity index (χ1) is 4.23. The molecule has 0 saturated heterocycles. The van der Waals surface area contributed by atoms with Gasteiger partial charge in [-0.05, 0) is 6.92 Å². The zero-order chi connectivity index (χ0) is 7.11. The molecule has 0 aromatic heterocycles. The van der Waals surface area contributed by atoms with Gasteiger partial charge in [-0.3, -0.25) is 0 Å². The second-order valence-corrected chi connectivity index (χ2v) is 1.45. The largest absolute Gasteiger partial charge is 3.00 e. The SMILES string of the molecule is CC(=O)[O-].[CH3-].[Mn+3].c1cc[cH-]c1. The summed E-state index contributed by atoms with van der Waals surface area (Å²) in [5.41, 5.74) is 0. The molecule has 1 rings (SSSR count). The van der Waals surface area contributed by atoms with Crippen molar-refractivity contribution in [1.29, 1.82) is 0 Å². The van der Waals surface area contributed by atoms with Gasteiger partial charge in [-0.15, -0.1) is 0 Å². The Morgan fingerprint density at radius 1 is 1.36 bits per heavy atom. The maximum Gasteiger partial charge on any atom is 3.00 e. The number of aliphatic carboxylic acids is 1. The Balaban J connectivity index is -0.000000101. The van der Waals surface area contributed by atoms with Gasteiger partial charge >= 0.3 is 17.1 Å². The van der Waals surface area contributed by atoms with Crippen LogP contribution < -0.4 is 5.11 Å². The Kier molecular flexibility index (Phi) is 18.4. The molecule has 1 aromatic carbocycles. The Hall–Kier alpha value is -0.661. The average Bonchev–Trinajstić information content (AvgIpc) is 2.11. The zero-order valence-corrected chi connectivity index (χ0v) is 7.76. The number of carbonyl (C=O) groups excluding carboxylic acids is 1. The third kappa shape index (κ3) is 26.7. The molecule has 0 heterocycles. The Morgan fingerprint density at radius 3 is 1.73 bits per heavy atom. The molecule has 0 saturated carbocycles. The Bertz CT molecular complexity index is 126. The molecule has 0 unspecified atom stereocenters. The van der Waals surface area contributed by atoms with Gasteiger partial charge in [-0.1, -0.05) is 0 Å². The minimum atomic E-state index is -1.08. The van der Waals surface area contributed by atoms with Gasteiger partial charge < -0.3 is 17.3 Å². The summed E-state index contributed by atoms with van der Waals surface area (Å²) in [7, 11) is 0. The minimum absolute atomic E-state index is 0. The van der Waals surface area contributed by atoms with Crippen LogP contribution in [0.4, 0.5) is 0 Å². The predicted octanol–water partition coefficient (Wildman–Crippen LogP) is 0.609. The van der Waals surface area contributed by atoms with Crippen molar-refractivity contribution in [1.82, 2.24) is 0 Å². The van der Waals surface area contributed by atoms with Gasteiger partial charge in [0, 0.05) is 5.97 Å². The maximum atomic E-state index is 8.89. The molecular weight excluding hydrogens is 183 g/mol. The van der Waals surface area contributed by atoms with E-state index in [-0.39, 0.29) is 24.5 Å².